The van der Waals surface area contributed by atoms with Crippen molar-refractivity contribution in [3.8, 4) is 0 Å². The fraction of sp³-hybridized carbons (Fsp3) is 0.448. The molecule has 0 spiro atoms. The number of halogens is 2. The summed E-state index contributed by atoms with van der Waals surface area (Å²) >= 11 is 0. The van der Waals surface area contributed by atoms with E-state index in [1.807, 2.05) is 18.2 Å². The number of benzene rings is 2. The first-order valence-corrected chi connectivity index (χ1v) is 14.7. The first-order chi connectivity index (χ1) is 17.9. The molecule has 2 unspecified atom stereocenters. The minimum Gasteiger partial charge on any atom is -0.469 e. The highest BCUT2D eigenvalue weighted by Crippen LogP contribution is 2.36. The zero-order valence-corrected chi connectivity index (χ0v) is 21.7. The summed E-state index contributed by atoms with van der Waals surface area (Å²) in [4.78, 5) is -0.297. The molecule has 198 valence electrons. The third-order valence-corrected chi connectivity index (χ3v) is 9.50. The summed E-state index contributed by atoms with van der Waals surface area (Å²) in [6, 6.07) is 14.8. The van der Waals surface area contributed by atoms with Crippen molar-refractivity contribution in [3.05, 3.63) is 89.4 Å². The summed E-state index contributed by atoms with van der Waals surface area (Å²) in [5, 5.41) is 3.82. The molecule has 2 N–H and O–H groups in total. The zero-order valence-electron chi connectivity index (χ0n) is 20.8. The van der Waals surface area contributed by atoms with Gasteiger partial charge in [-0.05, 0) is 104 Å². The molecule has 1 heterocycles. The summed E-state index contributed by atoms with van der Waals surface area (Å²) in [6.07, 6.45) is 8.21. The first kappa shape index (κ1) is 26.1. The Morgan fingerprint density at radius 3 is 2.38 bits per heavy atom. The fourth-order valence-electron chi connectivity index (χ4n) is 5.95. The molecule has 1 fully saturated rings. The summed E-state index contributed by atoms with van der Waals surface area (Å²) in [6.45, 7) is 1.24. The van der Waals surface area contributed by atoms with Crippen LogP contribution in [-0.2, 0) is 22.9 Å². The molecule has 3 aromatic rings. The quantitative estimate of drug-likeness (QED) is 0.381. The van der Waals surface area contributed by atoms with E-state index in [1.54, 1.807) is 18.4 Å². The lowest BCUT2D eigenvalue weighted by Crippen LogP contribution is -2.42. The van der Waals surface area contributed by atoms with Crippen molar-refractivity contribution in [2.45, 2.75) is 61.8 Å². The van der Waals surface area contributed by atoms with Crippen molar-refractivity contribution in [1.29, 1.82) is 0 Å². The van der Waals surface area contributed by atoms with Gasteiger partial charge in [-0.1, -0.05) is 18.2 Å². The van der Waals surface area contributed by atoms with Crippen LogP contribution in [0.2, 0.25) is 0 Å². The van der Waals surface area contributed by atoms with Crippen LogP contribution in [-0.4, -0.2) is 27.5 Å². The van der Waals surface area contributed by atoms with Crippen molar-refractivity contribution in [2.24, 2.45) is 11.8 Å². The lowest BCUT2D eigenvalue weighted by molar-refractivity contribution is 0.251. The van der Waals surface area contributed by atoms with Crippen LogP contribution in [0.5, 0.6) is 0 Å². The minimum atomic E-state index is -3.85. The van der Waals surface area contributed by atoms with Crippen LogP contribution in [0.3, 0.4) is 0 Å². The zero-order chi connectivity index (χ0) is 25.8. The Hall–Kier alpha value is -2.55. The molecule has 2 aromatic carbocycles. The van der Waals surface area contributed by atoms with Crippen LogP contribution in [0.1, 0.15) is 54.9 Å². The highest BCUT2D eigenvalue weighted by molar-refractivity contribution is 7.89. The van der Waals surface area contributed by atoms with Gasteiger partial charge in [0.05, 0.1) is 6.26 Å². The first-order valence-electron chi connectivity index (χ1n) is 13.2. The second-order valence-electron chi connectivity index (χ2n) is 10.5. The Labute approximate surface area is 217 Å². The third kappa shape index (κ3) is 6.30. The number of aryl methyl sites for hydroxylation is 1. The number of furan rings is 1. The molecule has 0 bridgehead atoms. The molecule has 0 saturated heterocycles. The lowest BCUT2D eigenvalue weighted by Gasteiger charge is -2.36. The molecule has 1 saturated carbocycles. The predicted molar refractivity (Wildman–Crippen MR) is 139 cm³/mol. The van der Waals surface area contributed by atoms with Crippen LogP contribution < -0.4 is 10.0 Å². The number of sulfonamides is 1. The topological polar surface area (TPSA) is 71.3 Å². The molecule has 1 aromatic heterocycles. The van der Waals surface area contributed by atoms with E-state index in [-0.39, 0.29) is 28.6 Å². The third-order valence-electron chi connectivity index (χ3n) is 8.04. The molecular formula is C29H34F2N2O3S. The van der Waals surface area contributed by atoms with Gasteiger partial charge in [0.25, 0.3) is 0 Å². The largest absolute Gasteiger partial charge is 0.469 e. The van der Waals surface area contributed by atoms with E-state index in [9.17, 15) is 17.2 Å². The van der Waals surface area contributed by atoms with E-state index in [0.29, 0.717) is 12.5 Å². The molecule has 2 aliphatic rings. The summed E-state index contributed by atoms with van der Waals surface area (Å²) in [7, 11) is -3.85. The number of hydrogen-bond acceptors (Lipinski definition) is 4. The van der Waals surface area contributed by atoms with Crippen LogP contribution in [0.15, 0.2) is 70.2 Å². The van der Waals surface area contributed by atoms with Gasteiger partial charge < -0.3 is 9.73 Å². The Bertz CT molecular complexity index is 1290. The van der Waals surface area contributed by atoms with E-state index < -0.39 is 15.8 Å². The monoisotopic (exact) mass is 528 g/mol. The van der Waals surface area contributed by atoms with Gasteiger partial charge >= 0.3 is 0 Å². The summed E-state index contributed by atoms with van der Waals surface area (Å²) in [5.74, 6) is 1.02. The van der Waals surface area contributed by atoms with Crippen LogP contribution in [0, 0.1) is 23.5 Å². The molecular weight excluding hydrogens is 494 g/mol. The van der Waals surface area contributed by atoms with Gasteiger partial charge in [0.1, 0.15) is 22.3 Å². The smallest absolute Gasteiger partial charge is 0.243 e. The van der Waals surface area contributed by atoms with E-state index in [1.165, 1.54) is 23.8 Å². The van der Waals surface area contributed by atoms with E-state index in [0.717, 1.165) is 68.9 Å². The Balaban J connectivity index is 1.14. The van der Waals surface area contributed by atoms with Gasteiger partial charge in [-0.2, -0.15) is 0 Å². The SMILES string of the molecule is O=S(=O)(NCC1CCC(CNC2CCc3cc(F)ccc3C2Cc2ccco2)CC1)c1ccccc1F. The minimum absolute atomic E-state index is 0.185. The van der Waals surface area contributed by atoms with Crippen molar-refractivity contribution in [1.82, 2.24) is 10.0 Å². The van der Waals surface area contributed by atoms with E-state index in [2.05, 4.69) is 10.0 Å². The van der Waals surface area contributed by atoms with Gasteiger partial charge in [0.15, 0.2) is 0 Å². The lowest BCUT2D eigenvalue weighted by atomic mass is 9.76. The Kier molecular flexibility index (Phi) is 8.07. The summed E-state index contributed by atoms with van der Waals surface area (Å²) in [5.41, 5.74) is 2.29. The van der Waals surface area contributed by atoms with Gasteiger partial charge in [0.2, 0.25) is 10.0 Å². The van der Waals surface area contributed by atoms with Crippen LogP contribution in [0.4, 0.5) is 8.78 Å². The average Bonchev–Trinajstić information content (AvgIpc) is 3.41. The van der Waals surface area contributed by atoms with Gasteiger partial charge in [-0.3, -0.25) is 0 Å². The molecule has 8 heteroatoms. The number of rotatable bonds is 9. The predicted octanol–water partition coefficient (Wildman–Crippen LogP) is 5.57. The maximum atomic E-state index is 13.9. The second kappa shape index (κ2) is 11.5. The molecule has 37 heavy (non-hydrogen) atoms. The number of hydrogen-bond donors (Lipinski definition) is 2. The number of fused-ring (bicyclic) bond motifs is 1. The van der Waals surface area contributed by atoms with E-state index in [4.69, 9.17) is 4.42 Å². The molecule has 0 amide bonds. The van der Waals surface area contributed by atoms with Gasteiger partial charge in [-0.25, -0.2) is 21.9 Å². The number of nitrogens with one attached hydrogen (secondary N) is 2. The molecule has 0 aliphatic heterocycles. The normalized spacial score (nSPS) is 24.1. The Morgan fingerprint density at radius 1 is 0.892 bits per heavy atom. The standard InChI is InChI=1S/C29H34F2N2O3S/c30-23-12-13-25-22(16-23)11-14-28(26(25)17-24-4-3-15-36-24)32-18-20-7-9-21(10-8-20)19-33-37(34,35)29-6-2-1-5-27(29)31/h1-6,12-13,15-16,20-21,26,28,32-33H,7-11,14,17-19H2. The van der Waals surface area contributed by atoms with Crippen molar-refractivity contribution < 1.29 is 21.6 Å². The van der Waals surface area contributed by atoms with Crippen LogP contribution in [0.25, 0.3) is 0 Å². The molecule has 5 nitrogen and oxygen atoms in total. The van der Waals surface area contributed by atoms with Crippen molar-refractivity contribution in [2.75, 3.05) is 13.1 Å². The highest BCUT2D eigenvalue weighted by atomic mass is 32.2. The van der Waals surface area contributed by atoms with Crippen molar-refractivity contribution in [3.63, 3.8) is 0 Å². The maximum absolute atomic E-state index is 13.9. The second-order valence-corrected chi connectivity index (χ2v) is 12.2. The van der Waals surface area contributed by atoms with E-state index >= 15 is 0 Å². The van der Waals surface area contributed by atoms with Gasteiger partial charge in [-0.15, -0.1) is 0 Å². The average molecular weight is 529 g/mol. The molecule has 2 atom stereocenters. The highest BCUT2D eigenvalue weighted by Gasteiger charge is 2.32. The molecule has 2 aliphatic carbocycles. The fourth-order valence-corrected chi connectivity index (χ4v) is 7.14. The van der Waals surface area contributed by atoms with Crippen LogP contribution >= 0.6 is 0 Å². The maximum Gasteiger partial charge on any atom is 0.243 e. The van der Waals surface area contributed by atoms with Crippen molar-refractivity contribution >= 4 is 10.0 Å². The molecule has 5 rings (SSSR count). The molecule has 0 radical (unpaired) electrons. The van der Waals surface area contributed by atoms with Gasteiger partial charge in [0, 0.05) is 24.9 Å². The summed E-state index contributed by atoms with van der Waals surface area (Å²) < 4.78 is 61.0. The Morgan fingerprint density at radius 2 is 1.65 bits per heavy atom.